The topological polar surface area (TPSA) is 94.3 Å². The molecule has 1 aromatic carbocycles. The summed E-state index contributed by atoms with van der Waals surface area (Å²) in [7, 11) is 0. The van der Waals surface area contributed by atoms with Crippen LogP contribution in [0.5, 0.6) is 5.75 Å². The van der Waals surface area contributed by atoms with E-state index in [0.717, 1.165) is 37.1 Å². The molecule has 31 heavy (non-hydrogen) atoms. The summed E-state index contributed by atoms with van der Waals surface area (Å²) in [5.74, 6) is -0.867. The zero-order valence-electron chi connectivity index (χ0n) is 18.1. The van der Waals surface area contributed by atoms with Crippen molar-refractivity contribution >= 4 is 5.91 Å². The van der Waals surface area contributed by atoms with Crippen LogP contribution in [0, 0.1) is 0 Å². The van der Waals surface area contributed by atoms with Gasteiger partial charge in [0.25, 0.3) is 5.91 Å². The molecule has 2 spiro atoms. The molecule has 3 heterocycles. The summed E-state index contributed by atoms with van der Waals surface area (Å²) in [6, 6.07) is 3.74. The summed E-state index contributed by atoms with van der Waals surface area (Å²) < 4.78 is 18.9. The number of benzene rings is 1. The van der Waals surface area contributed by atoms with Gasteiger partial charge in [-0.05, 0) is 51.3 Å². The van der Waals surface area contributed by atoms with Gasteiger partial charge in [0.05, 0.1) is 29.8 Å². The number of piperidine rings is 1. The molecule has 2 saturated heterocycles. The normalized spacial score (nSPS) is 36.7. The van der Waals surface area contributed by atoms with Crippen molar-refractivity contribution < 1.29 is 24.1 Å². The van der Waals surface area contributed by atoms with Crippen LogP contribution in [0.25, 0.3) is 0 Å². The Labute approximate surface area is 182 Å². The van der Waals surface area contributed by atoms with Crippen molar-refractivity contribution in [3.63, 3.8) is 0 Å². The maximum absolute atomic E-state index is 12.5. The largest absolute Gasteiger partial charge is 0.483 e. The van der Waals surface area contributed by atoms with Crippen molar-refractivity contribution in [3.8, 4) is 5.75 Å². The summed E-state index contributed by atoms with van der Waals surface area (Å²) in [5, 5.41) is 12.5. The molecule has 7 heteroatoms. The summed E-state index contributed by atoms with van der Waals surface area (Å²) >= 11 is 0. The molecular formula is C24H30N2O5. The Balaban J connectivity index is 1.57. The minimum absolute atomic E-state index is 0.0282. The molecule has 2 unspecified atom stereocenters. The lowest BCUT2D eigenvalue weighted by Gasteiger charge is -2.65. The van der Waals surface area contributed by atoms with Gasteiger partial charge in [0.15, 0.2) is 6.10 Å². The lowest BCUT2D eigenvalue weighted by Crippen LogP contribution is -2.79. The molecule has 1 aromatic rings. The molecule has 7 nitrogen and oxygen atoms in total. The molecule has 6 rings (SSSR count). The standard InChI is InChI=1S/C24H30N2O5/c1-14(2)5-9-26-10-8-22-18-15-3-4-16(20(25)27)19(18)31-21(22)24(29-11-12-30-24)7-6-23(22,28)17(26)13-15/h3-5,17,21,28H,6-13H2,1-2H3,(H2,25,27)/t17-,21?,22+,23?/m1/s1. The molecule has 1 amide bonds. The number of hydrogen-bond acceptors (Lipinski definition) is 6. The molecule has 2 bridgehead atoms. The molecule has 0 aromatic heterocycles. The zero-order chi connectivity index (χ0) is 21.6. The second kappa shape index (κ2) is 6.32. The fourth-order valence-electron chi connectivity index (χ4n) is 7.08. The molecule has 4 atom stereocenters. The number of ether oxygens (including phenoxy) is 3. The van der Waals surface area contributed by atoms with Crippen LogP contribution in [-0.4, -0.2) is 65.8 Å². The van der Waals surface area contributed by atoms with Crippen molar-refractivity contribution in [3.05, 3.63) is 40.5 Å². The highest BCUT2D eigenvalue weighted by Crippen LogP contribution is 2.67. The van der Waals surface area contributed by atoms with Crippen molar-refractivity contribution in [1.82, 2.24) is 4.90 Å². The van der Waals surface area contributed by atoms with Crippen molar-refractivity contribution in [2.75, 3.05) is 26.3 Å². The van der Waals surface area contributed by atoms with E-state index in [-0.39, 0.29) is 6.04 Å². The predicted octanol–water partition coefficient (Wildman–Crippen LogP) is 1.65. The smallest absolute Gasteiger partial charge is 0.252 e. The first kappa shape index (κ1) is 19.7. The average molecular weight is 427 g/mol. The molecule has 3 fully saturated rings. The number of carbonyl (C=O) groups excluding carboxylic acids is 1. The van der Waals surface area contributed by atoms with Gasteiger partial charge in [-0.25, -0.2) is 0 Å². The molecule has 5 aliphatic rings. The maximum atomic E-state index is 12.5. The maximum Gasteiger partial charge on any atom is 0.252 e. The van der Waals surface area contributed by atoms with E-state index in [0.29, 0.717) is 37.4 Å². The Morgan fingerprint density at radius 1 is 1.26 bits per heavy atom. The fraction of sp³-hybridized carbons (Fsp3) is 0.625. The minimum atomic E-state index is -0.986. The van der Waals surface area contributed by atoms with Crippen LogP contribution >= 0.6 is 0 Å². The first-order valence-corrected chi connectivity index (χ1v) is 11.3. The number of fused-ring (bicyclic) bond motifs is 1. The third-order valence-electron chi connectivity index (χ3n) is 8.37. The van der Waals surface area contributed by atoms with E-state index in [9.17, 15) is 9.90 Å². The van der Waals surface area contributed by atoms with Gasteiger partial charge in [-0.15, -0.1) is 0 Å². The number of amides is 1. The number of allylic oxidation sites excluding steroid dienone is 1. The summed E-state index contributed by atoms with van der Waals surface area (Å²) in [6.07, 6.45) is 4.32. The molecule has 166 valence electrons. The Morgan fingerprint density at radius 3 is 2.74 bits per heavy atom. The van der Waals surface area contributed by atoms with Gasteiger partial charge in [0.2, 0.25) is 5.79 Å². The zero-order valence-corrected chi connectivity index (χ0v) is 18.1. The highest BCUT2D eigenvalue weighted by atomic mass is 16.8. The van der Waals surface area contributed by atoms with Crippen molar-refractivity contribution in [1.29, 1.82) is 0 Å². The first-order valence-electron chi connectivity index (χ1n) is 11.3. The molecular weight excluding hydrogens is 396 g/mol. The van der Waals surface area contributed by atoms with Crippen LogP contribution in [0.1, 0.15) is 54.6 Å². The highest BCUT2D eigenvalue weighted by Gasteiger charge is 2.77. The number of carbonyl (C=O) groups is 1. The monoisotopic (exact) mass is 426 g/mol. The molecule has 1 saturated carbocycles. The summed E-state index contributed by atoms with van der Waals surface area (Å²) in [5.41, 5.74) is 7.81. The van der Waals surface area contributed by atoms with Crippen LogP contribution < -0.4 is 10.5 Å². The van der Waals surface area contributed by atoms with E-state index in [2.05, 4.69) is 24.8 Å². The number of primary amides is 1. The third-order valence-corrected chi connectivity index (χ3v) is 8.37. The average Bonchev–Trinajstić information content (AvgIpc) is 3.33. The van der Waals surface area contributed by atoms with Gasteiger partial charge in [-0.3, -0.25) is 9.69 Å². The Kier molecular flexibility index (Phi) is 4.02. The molecule has 3 aliphatic heterocycles. The van der Waals surface area contributed by atoms with Crippen molar-refractivity contribution in [2.24, 2.45) is 5.73 Å². The lowest BCUT2D eigenvalue weighted by molar-refractivity contribution is -0.296. The SMILES string of the molecule is CC(C)=CCN1CC[C@]23c4c5ccc(C(N)=O)c4OC2C2(CCC3(O)[C@H]1C5)OCCO2. The molecule has 2 aliphatic carbocycles. The van der Waals surface area contributed by atoms with E-state index in [1.165, 1.54) is 5.57 Å². The minimum Gasteiger partial charge on any atom is -0.483 e. The predicted molar refractivity (Wildman–Crippen MR) is 113 cm³/mol. The lowest BCUT2D eigenvalue weighted by atomic mass is 9.48. The number of nitrogens with two attached hydrogens (primary N) is 1. The van der Waals surface area contributed by atoms with Gasteiger partial charge >= 0.3 is 0 Å². The Hall–Kier alpha value is -1.93. The van der Waals surface area contributed by atoms with Crippen LogP contribution in [0.3, 0.4) is 0 Å². The first-order chi connectivity index (χ1) is 14.8. The van der Waals surface area contributed by atoms with Gasteiger partial charge in [0.1, 0.15) is 5.75 Å². The number of hydrogen-bond donors (Lipinski definition) is 2. The van der Waals surface area contributed by atoms with Gasteiger partial charge in [-0.2, -0.15) is 0 Å². The number of likely N-dealkylation sites (tertiary alicyclic amines) is 1. The fourth-order valence-corrected chi connectivity index (χ4v) is 7.08. The summed E-state index contributed by atoms with van der Waals surface area (Å²) in [6.45, 7) is 6.89. The highest BCUT2D eigenvalue weighted by molar-refractivity contribution is 5.97. The Morgan fingerprint density at radius 2 is 2.03 bits per heavy atom. The number of nitrogens with zero attached hydrogens (tertiary/aromatic N) is 1. The van der Waals surface area contributed by atoms with Crippen LogP contribution in [0.2, 0.25) is 0 Å². The number of rotatable bonds is 3. The van der Waals surface area contributed by atoms with Crippen molar-refractivity contribution in [2.45, 2.75) is 68.5 Å². The van der Waals surface area contributed by atoms with E-state index >= 15 is 0 Å². The second-order valence-corrected chi connectivity index (χ2v) is 9.99. The van der Waals surface area contributed by atoms with Crippen LogP contribution in [-0.2, 0) is 21.3 Å². The van der Waals surface area contributed by atoms with Gasteiger partial charge in [-0.1, -0.05) is 17.7 Å². The van der Waals surface area contributed by atoms with Gasteiger partial charge < -0.3 is 25.1 Å². The molecule has 3 N–H and O–H groups in total. The number of aliphatic hydroxyl groups is 1. The van der Waals surface area contributed by atoms with Crippen LogP contribution in [0.15, 0.2) is 23.8 Å². The van der Waals surface area contributed by atoms with Crippen LogP contribution in [0.4, 0.5) is 0 Å². The van der Waals surface area contributed by atoms with Gasteiger partial charge in [0, 0.05) is 24.6 Å². The summed E-state index contributed by atoms with van der Waals surface area (Å²) in [4.78, 5) is 14.7. The Bertz CT molecular complexity index is 996. The third kappa shape index (κ3) is 2.30. The van der Waals surface area contributed by atoms with E-state index in [1.807, 2.05) is 6.07 Å². The van der Waals surface area contributed by atoms with E-state index in [1.54, 1.807) is 6.07 Å². The van der Waals surface area contributed by atoms with E-state index < -0.39 is 28.8 Å². The second-order valence-electron chi connectivity index (χ2n) is 9.99. The quantitative estimate of drug-likeness (QED) is 0.714. The molecule has 0 radical (unpaired) electrons. The van der Waals surface area contributed by atoms with E-state index in [4.69, 9.17) is 19.9 Å².